The molecule has 0 radical (unpaired) electrons. The monoisotopic (exact) mass is 472 g/mol. The van der Waals surface area contributed by atoms with E-state index in [-0.39, 0.29) is 6.04 Å². The van der Waals surface area contributed by atoms with Crippen LogP contribution in [0.4, 0.5) is 10.5 Å². The van der Waals surface area contributed by atoms with Crippen molar-refractivity contribution in [2.75, 3.05) is 18.0 Å². The van der Waals surface area contributed by atoms with Crippen LogP contribution in [0.25, 0.3) is 16.5 Å². The van der Waals surface area contributed by atoms with Crippen LogP contribution in [0.1, 0.15) is 69.5 Å². The van der Waals surface area contributed by atoms with Crippen LogP contribution in [-0.2, 0) is 6.54 Å². The van der Waals surface area contributed by atoms with Crippen molar-refractivity contribution >= 4 is 28.3 Å². The van der Waals surface area contributed by atoms with Gasteiger partial charge in [0.1, 0.15) is 6.07 Å². The summed E-state index contributed by atoms with van der Waals surface area (Å²) in [6.07, 6.45) is 14.9. The van der Waals surface area contributed by atoms with Crippen LogP contribution in [0, 0.1) is 23.2 Å². The van der Waals surface area contributed by atoms with E-state index in [0.717, 1.165) is 53.3 Å². The van der Waals surface area contributed by atoms with E-state index in [4.69, 9.17) is 5.11 Å². The Hall–Kier alpha value is -3.20. The van der Waals surface area contributed by atoms with Gasteiger partial charge in [-0.2, -0.15) is 5.26 Å². The van der Waals surface area contributed by atoms with Gasteiger partial charge in [0.2, 0.25) is 0 Å². The SMILES string of the molecule is CCC1CC1.N#Cc1c(C2=CCC(NC(=O)O)C=C2)n(CC2CC2)c2cc(N3CCCC3)ccc12. The number of anilines is 1. The molecule has 6 rings (SSSR count). The van der Waals surface area contributed by atoms with Crippen molar-refractivity contribution in [3.63, 3.8) is 0 Å². The Balaban J connectivity index is 0.000000453. The van der Waals surface area contributed by atoms with Crippen molar-refractivity contribution in [1.29, 1.82) is 5.26 Å². The Morgan fingerprint density at radius 2 is 1.91 bits per heavy atom. The molecule has 1 aromatic heterocycles. The molecular weight excluding hydrogens is 436 g/mol. The second-order valence-electron chi connectivity index (χ2n) is 10.4. The minimum absolute atomic E-state index is 0.222. The molecule has 1 saturated heterocycles. The number of nitriles is 1. The van der Waals surface area contributed by atoms with E-state index < -0.39 is 6.09 Å². The molecule has 2 N–H and O–H groups in total. The van der Waals surface area contributed by atoms with E-state index in [9.17, 15) is 10.1 Å². The number of nitrogens with one attached hydrogen (secondary N) is 1. The normalized spacial score (nSPS) is 21.3. The summed E-state index contributed by atoms with van der Waals surface area (Å²) in [5, 5.41) is 22.5. The second-order valence-corrected chi connectivity index (χ2v) is 10.4. The highest BCUT2D eigenvalue weighted by Crippen LogP contribution is 2.39. The van der Waals surface area contributed by atoms with E-state index in [2.05, 4.69) is 52.1 Å². The average molecular weight is 473 g/mol. The fourth-order valence-corrected chi connectivity index (χ4v) is 5.26. The predicted octanol–water partition coefficient (Wildman–Crippen LogP) is 6.31. The van der Waals surface area contributed by atoms with Crippen LogP contribution >= 0.6 is 0 Å². The van der Waals surface area contributed by atoms with E-state index in [0.29, 0.717) is 12.3 Å². The minimum atomic E-state index is -1.02. The molecule has 0 bridgehead atoms. The van der Waals surface area contributed by atoms with Crippen molar-refractivity contribution in [3.8, 4) is 6.07 Å². The van der Waals surface area contributed by atoms with Gasteiger partial charge in [-0.05, 0) is 67.7 Å². The third-order valence-corrected chi connectivity index (χ3v) is 7.73. The summed E-state index contributed by atoms with van der Waals surface area (Å²) < 4.78 is 2.34. The van der Waals surface area contributed by atoms with Gasteiger partial charge in [0.15, 0.2) is 0 Å². The van der Waals surface area contributed by atoms with Crippen LogP contribution < -0.4 is 10.2 Å². The van der Waals surface area contributed by atoms with Gasteiger partial charge in [0, 0.05) is 30.7 Å². The predicted molar refractivity (Wildman–Crippen MR) is 141 cm³/mol. The lowest BCUT2D eigenvalue weighted by Crippen LogP contribution is -2.32. The number of rotatable bonds is 6. The van der Waals surface area contributed by atoms with Crippen molar-refractivity contribution in [2.24, 2.45) is 11.8 Å². The topological polar surface area (TPSA) is 81.3 Å². The molecule has 6 nitrogen and oxygen atoms in total. The molecular formula is C29H36N4O2. The highest BCUT2D eigenvalue weighted by molar-refractivity contribution is 5.96. The number of allylic oxidation sites excluding steroid dienone is 2. The highest BCUT2D eigenvalue weighted by Gasteiger charge is 2.28. The van der Waals surface area contributed by atoms with Crippen LogP contribution in [0.5, 0.6) is 0 Å². The molecule has 1 aromatic carbocycles. The van der Waals surface area contributed by atoms with E-state index in [1.54, 1.807) is 0 Å². The van der Waals surface area contributed by atoms with Gasteiger partial charge in [-0.25, -0.2) is 4.79 Å². The first-order valence-corrected chi connectivity index (χ1v) is 13.3. The molecule has 1 atom stereocenters. The number of fused-ring (bicyclic) bond motifs is 1. The third kappa shape index (κ3) is 5.40. The van der Waals surface area contributed by atoms with Crippen LogP contribution in [0.15, 0.2) is 36.4 Å². The summed E-state index contributed by atoms with van der Waals surface area (Å²) in [5.41, 5.74) is 5.08. The standard InChI is InChI=1S/C24H26N4O2.C5H10/c25-14-21-20-10-9-19(27-11-1-2-12-27)13-22(20)28(15-16-3-4-16)23(21)17-5-7-18(8-6-17)26-24(29)30;1-2-5-3-4-5/h5-7,9-10,13,16,18,26H,1-4,8,11-12,15H2,(H,29,30);5H,2-4H2,1H3. The number of carbonyl (C=O) groups is 1. The number of amides is 1. The number of benzene rings is 1. The number of aromatic nitrogens is 1. The van der Waals surface area contributed by atoms with Crippen molar-refractivity contribution < 1.29 is 9.90 Å². The van der Waals surface area contributed by atoms with Crippen LogP contribution in [0.3, 0.4) is 0 Å². The molecule has 3 aliphatic carbocycles. The lowest BCUT2D eigenvalue weighted by molar-refractivity contribution is 0.192. The first kappa shape index (κ1) is 23.5. The lowest BCUT2D eigenvalue weighted by atomic mass is 9.98. The molecule has 4 aliphatic rings. The zero-order chi connectivity index (χ0) is 24.4. The lowest BCUT2D eigenvalue weighted by Gasteiger charge is -2.19. The third-order valence-electron chi connectivity index (χ3n) is 7.73. The summed E-state index contributed by atoms with van der Waals surface area (Å²) in [6, 6.07) is 8.76. The zero-order valence-electron chi connectivity index (χ0n) is 20.7. The maximum absolute atomic E-state index is 10.9. The maximum atomic E-state index is 10.9. The Bertz CT molecular complexity index is 1190. The molecule has 35 heavy (non-hydrogen) atoms. The maximum Gasteiger partial charge on any atom is 0.405 e. The highest BCUT2D eigenvalue weighted by atomic mass is 16.4. The Labute approximate surface area is 207 Å². The Morgan fingerprint density at radius 1 is 1.17 bits per heavy atom. The first-order valence-electron chi connectivity index (χ1n) is 13.3. The van der Waals surface area contributed by atoms with Gasteiger partial charge < -0.3 is 19.9 Å². The quantitative estimate of drug-likeness (QED) is 0.516. The minimum Gasteiger partial charge on any atom is -0.465 e. The molecule has 1 amide bonds. The average Bonchev–Trinajstić information content (AvgIpc) is 3.79. The van der Waals surface area contributed by atoms with Crippen molar-refractivity contribution in [1.82, 2.24) is 9.88 Å². The molecule has 2 saturated carbocycles. The smallest absolute Gasteiger partial charge is 0.405 e. The molecule has 2 heterocycles. The fraction of sp³-hybridized carbons (Fsp3) is 0.517. The van der Waals surface area contributed by atoms with Gasteiger partial charge in [-0.1, -0.05) is 44.4 Å². The van der Waals surface area contributed by atoms with Crippen molar-refractivity contribution in [3.05, 3.63) is 47.7 Å². The number of hydrogen-bond donors (Lipinski definition) is 2. The van der Waals surface area contributed by atoms with Crippen LogP contribution in [-0.4, -0.2) is 34.9 Å². The molecule has 0 spiro atoms. The summed E-state index contributed by atoms with van der Waals surface area (Å²) >= 11 is 0. The Morgan fingerprint density at radius 3 is 2.46 bits per heavy atom. The Kier molecular flexibility index (Phi) is 6.86. The number of hydrogen-bond acceptors (Lipinski definition) is 3. The zero-order valence-corrected chi connectivity index (χ0v) is 20.7. The summed E-state index contributed by atoms with van der Waals surface area (Å²) in [6.45, 7) is 5.38. The molecule has 2 aromatic rings. The first-order chi connectivity index (χ1) is 17.1. The van der Waals surface area contributed by atoms with Crippen molar-refractivity contribution in [2.45, 2.75) is 70.9 Å². The molecule has 6 heteroatoms. The molecule has 184 valence electrons. The summed E-state index contributed by atoms with van der Waals surface area (Å²) in [4.78, 5) is 13.4. The van der Waals surface area contributed by atoms with Gasteiger partial charge >= 0.3 is 6.09 Å². The summed E-state index contributed by atoms with van der Waals surface area (Å²) in [7, 11) is 0. The second kappa shape index (κ2) is 10.2. The number of carboxylic acid groups (broad SMARTS) is 1. The molecule has 1 unspecified atom stereocenters. The van der Waals surface area contributed by atoms with E-state index in [1.807, 2.05) is 12.2 Å². The van der Waals surface area contributed by atoms with Gasteiger partial charge in [-0.15, -0.1) is 0 Å². The molecule has 1 aliphatic heterocycles. The van der Waals surface area contributed by atoms with Gasteiger partial charge in [0.25, 0.3) is 0 Å². The van der Waals surface area contributed by atoms with E-state index >= 15 is 0 Å². The molecule has 3 fully saturated rings. The van der Waals surface area contributed by atoms with Gasteiger partial charge in [-0.3, -0.25) is 0 Å². The summed E-state index contributed by atoms with van der Waals surface area (Å²) in [5.74, 6) is 1.81. The number of nitrogens with zero attached hydrogens (tertiary/aromatic N) is 3. The van der Waals surface area contributed by atoms with Crippen LogP contribution in [0.2, 0.25) is 0 Å². The largest absolute Gasteiger partial charge is 0.465 e. The van der Waals surface area contributed by atoms with E-state index in [1.165, 1.54) is 50.6 Å². The fourth-order valence-electron chi connectivity index (χ4n) is 5.26. The van der Waals surface area contributed by atoms with Gasteiger partial charge in [0.05, 0.1) is 22.8 Å².